The van der Waals surface area contributed by atoms with Crippen LogP contribution in [0.5, 0.6) is 5.75 Å². The molecule has 1 N–H and O–H groups in total. The Kier molecular flexibility index (Phi) is 6.93. The van der Waals surface area contributed by atoms with Crippen LogP contribution < -0.4 is 10.1 Å². The van der Waals surface area contributed by atoms with Crippen molar-refractivity contribution in [2.24, 2.45) is 0 Å². The Labute approximate surface area is 230 Å². The molecule has 1 saturated heterocycles. The summed E-state index contributed by atoms with van der Waals surface area (Å²) >= 11 is 0. The molecule has 2 aliphatic heterocycles. The second-order valence-corrected chi connectivity index (χ2v) is 10.2. The van der Waals surface area contributed by atoms with Gasteiger partial charge < -0.3 is 28.4 Å². The average Bonchev–Trinajstić information content (AvgIpc) is 3.62. The Hall–Kier alpha value is -4.31. The van der Waals surface area contributed by atoms with Gasteiger partial charge in [-0.2, -0.15) is 0 Å². The van der Waals surface area contributed by atoms with Crippen molar-refractivity contribution in [1.29, 1.82) is 0 Å². The third-order valence-corrected chi connectivity index (χ3v) is 7.44. The highest BCUT2D eigenvalue weighted by molar-refractivity contribution is 7.26. The number of aromatic nitrogens is 1. The summed E-state index contributed by atoms with van der Waals surface area (Å²) in [6, 6.07) is 17.5. The van der Waals surface area contributed by atoms with Crippen LogP contribution in [0, 0.1) is 0 Å². The van der Waals surface area contributed by atoms with Gasteiger partial charge in [0.25, 0.3) is 11.8 Å². The molecule has 204 valence electrons. The first kappa shape index (κ1) is 25.9. The zero-order valence-electron chi connectivity index (χ0n) is 21.5. The molecular weight excluding hydrogens is 535 g/mol. The fourth-order valence-electron chi connectivity index (χ4n) is 4.89. The van der Waals surface area contributed by atoms with E-state index >= 15 is 0 Å². The lowest BCUT2D eigenvalue weighted by atomic mass is 9.95. The Bertz CT molecular complexity index is 1560. The molecule has 2 aromatic carbocycles. The number of pyridine rings is 1. The number of ether oxygens (including phenoxy) is 1. The number of benzene rings is 2. The first-order chi connectivity index (χ1) is 19.5. The zero-order valence-corrected chi connectivity index (χ0v) is 22.5. The van der Waals surface area contributed by atoms with Crippen molar-refractivity contribution in [3.05, 3.63) is 95.5 Å². The third-order valence-electron chi connectivity index (χ3n) is 6.93. The van der Waals surface area contributed by atoms with Gasteiger partial charge in [-0.3, -0.25) is 14.6 Å². The standard InChI is InChI=1S/C28H25N4O7P/c1-36-21-8-7-19-14-31(25(33)22(19)12-21)16-28(24-11-20-13-29-10-9-23(20)39-24)26(34)32(27(35)30-28)17-38-40-37-15-18-5-3-2-4-6-18/h2-13,40H,14-17H2,1H3,(H,30,35)/t28-/m0/s1. The van der Waals surface area contributed by atoms with E-state index in [1.807, 2.05) is 36.4 Å². The first-order valence-electron chi connectivity index (χ1n) is 12.5. The number of urea groups is 1. The maximum atomic E-state index is 14.0. The SMILES string of the molecule is COc1ccc2c(c1)C(=O)N(C[C@@]1(c3cc4cnccc4o3)NC(=O)N(COPOCc3ccccc3)C1=O)C2. The number of hydrogen-bond acceptors (Lipinski definition) is 8. The lowest BCUT2D eigenvalue weighted by Gasteiger charge is -2.29. The molecule has 2 aromatic heterocycles. The normalized spacial score (nSPS) is 18.8. The number of fused-ring (bicyclic) bond motifs is 2. The molecule has 40 heavy (non-hydrogen) atoms. The molecule has 4 aromatic rings. The number of carbonyl (C=O) groups is 3. The van der Waals surface area contributed by atoms with Crippen LogP contribution in [0.2, 0.25) is 0 Å². The molecule has 6 rings (SSSR count). The second kappa shape index (κ2) is 10.7. The van der Waals surface area contributed by atoms with E-state index in [0.29, 0.717) is 28.9 Å². The molecule has 2 aliphatic rings. The quantitative estimate of drug-likeness (QED) is 0.176. The van der Waals surface area contributed by atoms with Gasteiger partial charge in [0.2, 0.25) is 0 Å². The number of methoxy groups -OCH3 is 1. The predicted octanol–water partition coefficient (Wildman–Crippen LogP) is 3.94. The van der Waals surface area contributed by atoms with E-state index in [1.165, 1.54) is 12.0 Å². The van der Waals surface area contributed by atoms with Crippen molar-refractivity contribution in [2.75, 3.05) is 20.4 Å². The highest BCUT2D eigenvalue weighted by atomic mass is 31.1. The molecule has 1 fully saturated rings. The van der Waals surface area contributed by atoms with E-state index < -0.39 is 26.5 Å². The van der Waals surface area contributed by atoms with Gasteiger partial charge in [-0.05, 0) is 35.4 Å². The molecule has 0 aliphatic carbocycles. The number of imide groups is 1. The average molecular weight is 561 g/mol. The van der Waals surface area contributed by atoms with E-state index in [4.69, 9.17) is 18.2 Å². The van der Waals surface area contributed by atoms with Gasteiger partial charge in [-0.1, -0.05) is 36.4 Å². The molecule has 12 heteroatoms. The Morgan fingerprint density at radius 1 is 1.07 bits per heavy atom. The van der Waals surface area contributed by atoms with Crippen LogP contribution in [-0.2, 0) is 32.5 Å². The molecular formula is C28H25N4O7P. The summed E-state index contributed by atoms with van der Waals surface area (Å²) in [6.07, 6.45) is 3.17. The summed E-state index contributed by atoms with van der Waals surface area (Å²) in [5, 5.41) is 3.45. The van der Waals surface area contributed by atoms with Gasteiger partial charge in [-0.25, -0.2) is 9.69 Å². The number of hydrogen-bond donors (Lipinski definition) is 1. The molecule has 0 spiro atoms. The summed E-state index contributed by atoms with van der Waals surface area (Å²) in [5.41, 5.74) is 1.08. The van der Waals surface area contributed by atoms with Crippen LogP contribution in [0.4, 0.5) is 4.79 Å². The van der Waals surface area contributed by atoms with Gasteiger partial charge in [0.15, 0.2) is 14.6 Å². The maximum absolute atomic E-state index is 14.0. The van der Waals surface area contributed by atoms with Crippen LogP contribution in [0.1, 0.15) is 27.2 Å². The molecule has 0 radical (unpaired) electrons. The van der Waals surface area contributed by atoms with Crippen LogP contribution >= 0.6 is 9.03 Å². The number of rotatable bonds is 10. The zero-order chi connectivity index (χ0) is 27.7. The fraction of sp³-hybridized carbons (Fsp3) is 0.214. The Balaban J connectivity index is 1.23. The molecule has 1 unspecified atom stereocenters. The lowest BCUT2D eigenvalue weighted by Crippen LogP contribution is -2.52. The molecule has 2 atom stereocenters. The summed E-state index contributed by atoms with van der Waals surface area (Å²) in [6.45, 7) is 0.117. The predicted molar refractivity (Wildman–Crippen MR) is 144 cm³/mol. The van der Waals surface area contributed by atoms with Crippen molar-refractivity contribution in [2.45, 2.75) is 18.7 Å². The second-order valence-electron chi connectivity index (χ2n) is 9.41. The summed E-state index contributed by atoms with van der Waals surface area (Å²) in [4.78, 5) is 47.1. The fourth-order valence-corrected chi connectivity index (χ4v) is 5.38. The van der Waals surface area contributed by atoms with Crippen molar-refractivity contribution < 1.29 is 32.6 Å². The largest absolute Gasteiger partial charge is 0.497 e. The molecule has 4 amide bonds. The highest BCUT2D eigenvalue weighted by Crippen LogP contribution is 2.37. The van der Waals surface area contributed by atoms with Gasteiger partial charge in [0.1, 0.15) is 23.8 Å². The Morgan fingerprint density at radius 3 is 2.73 bits per heavy atom. The van der Waals surface area contributed by atoms with E-state index in [9.17, 15) is 14.4 Å². The minimum absolute atomic E-state index is 0.149. The van der Waals surface area contributed by atoms with E-state index in [2.05, 4.69) is 10.3 Å². The molecule has 11 nitrogen and oxygen atoms in total. The minimum Gasteiger partial charge on any atom is -0.497 e. The molecule has 4 heterocycles. The van der Waals surface area contributed by atoms with Gasteiger partial charge >= 0.3 is 6.03 Å². The number of nitrogens with one attached hydrogen (secondary N) is 1. The van der Waals surface area contributed by atoms with Crippen LogP contribution in [-0.4, -0.2) is 53.0 Å². The summed E-state index contributed by atoms with van der Waals surface area (Å²) < 4.78 is 22.4. The van der Waals surface area contributed by atoms with Gasteiger partial charge in [0.05, 0.1) is 20.3 Å². The smallest absolute Gasteiger partial charge is 0.327 e. The minimum atomic E-state index is -1.67. The third kappa shape index (κ3) is 4.68. The van der Waals surface area contributed by atoms with Gasteiger partial charge in [-0.15, -0.1) is 0 Å². The number of nitrogens with zero attached hydrogens (tertiary/aromatic N) is 3. The van der Waals surface area contributed by atoms with Gasteiger partial charge in [0, 0.05) is 29.9 Å². The van der Waals surface area contributed by atoms with Crippen molar-refractivity contribution in [1.82, 2.24) is 20.1 Å². The molecule has 0 saturated carbocycles. The summed E-state index contributed by atoms with van der Waals surface area (Å²) in [7, 11) is 1.13. The topological polar surface area (TPSA) is 123 Å². The number of furan rings is 1. The van der Waals surface area contributed by atoms with Crippen LogP contribution in [0.25, 0.3) is 11.0 Å². The first-order valence-corrected chi connectivity index (χ1v) is 13.3. The number of carbonyl (C=O) groups excluding carboxylic acids is 3. The van der Waals surface area contributed by atoms with E-state index in [-0.39, 0.29) is 31.5 Å². The van der Waals surface area contributed by atoms with Crippen molar-refractivity contribution in [3.8, 4) is 5.75 Å². The monoisotopic (exact) mass is 560 g/mol. The van der Waals surface area contributed by atoms with Crippen LogP contribution in [0.3, 0.4) is 0 Å². The van der Waals surface area contributed by atoms with E-state index in [1.54, 1.807) is 36.7 Å². The Morgan fingerprint density at radius 2 is 1.93 bits per heavy atom. The maximum Gasteiger partial charge on any atom is 0.327 e. The van der Waals surface area contributed by atoms with Crippen LogP contribution in [0.15, 0.2) is 77.5 Å². The molecule has 0 bridgehead atoms. The van der Waals surface area contributed by atoms with E-state index in [0.717, 1.165) is 16.0 Å². The lowest BCUT2D eigenvalue weighted by molar-refractivity contribution is -0.134. The van der Waals surface area contributed by atoms with Crippen molar-refractivity contribution in [3.63, 3.8) is 0 Å². The number of amides is 4. The van der Waals surface area contributed by atoms with Crippen molar-refractivity contribution >= 4 is 37.8 Å². The highest BCUT2D eigenvalue weighted by Gasteiger charge is 2.56. The summed E-state index contributed by atoms with van der Waals surface area (Å²) in [5.74, 6) is -0.130.